The molecular weight excluding hydrogens is 226 g/mol. The van der Waals surface area contributed by atoms with Crippen LogP contribution >= 0.6 is 0 Å². The third-order valence-electron chi connectivity index (χ3n) is 3.48. The summed E-state index contributed by atoms with van der Waals surface area (Å²) in [6.45, 7) is 0. The number of aromatic nitrogens is 2. The van der Waals surface area contributed by atoms with Crippen LogP contribution in [-0.2, 0) is 17.4 Å². The molecule has 4 nitrogen and oxygen atoms in total. The van der Waals surface area contributed by atoms with Crippen LogP contribution in [0.25, 0.3) is 11.4 Å². The van der Waals surface area contributed by atoms with E-state index in [0.29, 0.717) is 0 Å². The van der Waals surface area contributed by atoms with E-state index in [1.165, 1.54) is 0 Å². The van der Waals surface area contributed by atoms with Gasteiger partial charge in [-0.05, 0) is 18.4 Å². The van der Waals surface area contributed by atoms with E-state index in [1.807, 2.05) is 42.1 Å². The van der Waals surface area contributed by atoms with Crippen molar-refractivity contribution in [1.29, 1.82) is 0 Å². The number of carbonyl (C=O) groups excluding carboxylic acids is 1. The summed E-state index contributed by atoms with van der Waals surface area (Å²) in [4.78, 5) is 18.7. The number of imidazole rings is 1. The fourth-order valence-corrected chi connectivity index (χ4v) is 2.24. The SMILES string of the molecule is Cn1ccnc1-c1ccc(C2(N=C=O)CC2)cc1. The Morgan fingerprint density at radius 1 is 1.33 bits per heavy atom. The summed E-state index contributed by atoms with van der Waals surface area (Å²) in [6.07, 6.45) is 7.25. The molecule has 1 aromatic carbocycles. The van der Waals surface area contributed by atoms with Crippen LogP contribution in [0, 0.1) is 0 Å². The molecule has 0 saturated heterocycles. The van der Waals surface area contributed by atoms with E-state index >= 15 is 0 Å². The Bertz CT molecular complexity index is 617. The summed E-state index contributed by atoms with van der Waals surface area (Å²) in [6, 6.07) is 8.10. The molecule has 0 aliphatic heterocycles. The number of isocyanates is 1. The second kappa shape index (κ2) is 3.93. The Balaban J connectivity index is 1.95. The molecule has 1 aliphatic carbocycles. The molecule has 2 aromatic rings. The van der Waals surface area contributed by atoms with Crippen molar-refractivity contribution in [3.8, 4) is 11.4 Å². The van der Waals surface area contributed by atoms with Gasteiger partial charge in [0.2, 0.25) is 6.08 Å². The van der Waals surface area contributed by atoms with Gasteiger partial charge >= 0.3 is 0 Å². The summed E-state index contributed by atoms with van der Waals surface area (Å²) in [5, 5.41) is 0. The molecule has 1 heterocycles. The van der Waals surface area contributed by atoms with Gasteiger partial charge in [-0.15, -0.1) is 0 Å². The summed E-state index contributed by atoms with van der Waals surface area (Å²) >= 11 is 0. The van der Waals surface area contributed by atoms with Crippen molar-refractivity contribution in [3.05, 3.63) is 42.2 Å². The largest absolute Gasteiger partial charge is 0.334 e. The molecule has 18 heavy (non-hydrogen) atoms. The lowest BCUT2D eigenvalue weighted by molar-refractivity contribution is 0.556. The number of aliphatic imine (C=N–C) groups is 1. The summed E-state index contributed by atoms with van der Waals surface area (Å²) in [5.74, 6) is 0.935. The van der Waals surface area contributed by atoms with Crippen molar-refractivity contribution >= 4 is 6.08 Å². The second-order valence-corrected chi connectivity index (χ2v) is 4.67. The predicted molar refractivity (Wildman–Crippen MR) is 67.7 cm³/mol. The molecule has 0 atom stereocenters. The van der Waals surface area contributed by atoms with Gasteiger partial charge in [-0.2, -0.15) is 4.99 Å². The Kier molecular flexibility index (Phi) is 2.39. The lowest BCUT2D eigenvalue weighted by Gasteiger charge is -2.09. The highest BCUT2D eigenvalue weighted by Gasteiger charge is 2.44. The molecule has 0 bridgehead atoms. The molecule has 1 aromatic heterocycles. The van der Waals surface area contributed by atoms with Crippen molar-refractivity contribution in [2.24, 2.45) is 12.0 Å². The van der Waals surface area contributed by atoms with Crippen molar-refractivity contribution in [2.45, 2.75) is 18.4 Å². The minimum absolute atomic E-state index is 0.290. The molecule has 1 fully saturated rings. The van der Waals surface area contributed by atoms with Gasteiger partial charge in [-0.25, -0.2) is 9.78 Å². The average molecular weight is 239 g/mol. The number of aryl methyl sites for hydroxylation is 1. The second-order valence-electron chi connectivity index (χ2n) is 4.67. The number of rotatable bonds is 3. The molecule has 0 amide bonds. The van der Waals surface area contributed by atoms with Crippen LogP contribution in [0.1, 0.15) is 18.4 Å². The first-order chi connectivity index (χ1) is 8.75. The monoisotopic (exact) mass is 239 g/mol. The average Bonchev–Trinajstić information content (AvgIpc) is 3.05. The van der Waals surface area contributed by atoms with Crippen LogP contribution in [-0.4, -0.2) is 15.6 Å². The van der Waals surface area contributed by atoms with Crippen molar-refractivity contribution in [2.75, 3.05) is 0 Å². The topological polar surface area (TPSA) is 47.2 Å². The minimum atomic E-state index is -0.290. The van der Waals surface area contributed by atoms with Gasteiger partial charge in [0.1, 0.15) is 5.82 Å². The molecule has 0 radical (unpaired) electrons. The van der Waals surface area contributed by atoms with Gasteiger partial charge < -0.3 is 4.57 Å². The van der Waals surface area contributed by atoms with E-state index in [2.05, 4.69) is 9.98 Å². The van der Waals surface area contributed by atoms with Crippen LogP contribution < -0.4 is 0 Å². The third-order valence-corrected chi connectivity index (χ3v) is 3.48. The lowest BCUT2D eigenvalue weighted by atomic mass is 10.0. The molecule has 1 aliphatic rings. The van der Waals surface area contributed by atoms with Crippen molar-refractivity contribution in [3.63, 3.8) is 0 Å². The van der Waals surface area contributed by atoms with E-state index in [0.717, 1.165) is 29.8 Å². The molecule has 4 heteroatoms. The smallest absolute Gasteiger partial charge is 0.235 e. The van der Waals surface area contributed by atoms with E-state index in [9.17, 15) is 4.79 Å². The fraction of sp³-hybridized carbons (Fsp3) is 0.286. The number of benzene rings is 1. The van der Waals surface area contributed by atoms with Gasteiger partial charge in [0.15, 0.2) is 0 Å². The summed E-state index contributed by atoms with van der Waals surface area (Å²) in [5.41, 5.74) is 1.86. The Morgan fingerprint density at radius 2 is 2.06 bits per heavy atom. The van der Waals surface area contributed by atoms with Crippen LogP contribution in [0.4, 0.5) is 0 Å². The van der Waals surface area contributed by atoms with Crippen molar-refractivity contribution in [1.82, 2.24) is 9.55 Å². The molecule has 3 rings (SSSR count). The number of hydrogen-bond donors (Lipinski definition) is 0. The van der Waals surface area contributed by atoms with E-state index in [1.54, 1.807) is 12.3 Å². The highest BCUT2D eigenvalue weighted by molar-refractivity contribution is 5.57. The number of nitrogens with zero attached hydrogens (tertiary/aromatic N) is 3. The Morgan fingerprint density at radius 3 is 2.56 bits per heavy atom. The molecule has 0 spiro atoms. The maximum atomic E-state index is 10.4. The fourth-order valence-electron chi connectivity index (χ4n) is 2.24. The minimum Gasteiger partial charge on any atom is -0.334 e. The maximum absolute atomic E-state index is 10.4. The number of hydrogen-bond acceptors (Lipinski definition) is 3. The van der Waals surface area contributed by atoms with Crippen LogP contribution in [0.5, 0.6) is 0 Å². The van der Waals surface area contributed by atoms with Gasteiger partial charge in [0.05, 0.1) is 5.54 Å². The zero-order valence-electron chi connectivity index (χ0n) is 10.1. The Labute approximate surface area is 105 Å². The van der Waals surface area contributed by atoms with Crippen LogP contribution in [0.3, 0.4) is 0 Å². The first kappa shape index (κ1) is 10.9. The van der Waals surface area contributed by atoms with Crippen LogP contribution in [0.2, 0.25) is 0 Å². The quantitative estimate of drug-likeness (QED) is 0.610. The van der Waals surface area contributed by atoms with Crippen LogP contribution in [0.15, 0.2) is 41.7 Å². The summed E-state index contributed by atoms with van der Waals surface area (Å²) < 4.78 is 1.98. The van der Waals surface area contributed by atoms with E-state index in [-0.39, 0.29) is 5.54 Å². The highest BCUT2D eigenvalue weighted by atomic mass is 16.1. The van der Waals surface area contributed by atoms with Gasteiger partial charge in [0.25, 0.3) is 0 Å². The first-order valence-electron chi connectivity index (χ1n) is 5.92. The van der Waals surface area contributed by atoms with E-state index < -0.39 is 0 Å². The van der Waals surface area contributed by atoms with Gasteiger partial charge in [-0.3, -0.25) is 0 Å². The molecule has 0 N–H and O–H groups in total. The molecule has 90 valence electrons. The Hall–Kier alpha value is -2.19. The molecule has 0 unspecified atom stereocenters. The summed E-state index contributed by atoms with van der Waals surface area (Å²) in [7, 11) is 1.97. The lowest BCUT2D eigenvalue weighted by Crippen LogP contribution is -2.02. The van der Waals surface area contributed by atoms with Crippen molar-refractivity contribution < 1.29 is 4.79 Å². The standard InChI is InChI=1S/C14H13N3O/c1-17-9-8-15-13(17)11-2-4-12(5-3-11)14(6-7-14)16-10-18/h2-5,8-9H,6-7H2,1H3. The normalized spacial score (nSPS) is 16.1. The zero-order chi connectivity index (χ0) is 12.6. The highest BCUT2D eigenvalue weighted by Crippen LogP contribution is 2.49. The maximum Gasteiger partial charge on any atom is 0.235 e. The zero-order valence-corrected chi connectivity index (χ0v) is 10.1. The molecule has 1 saturated carbocycles. The third kappa shape index (κ3) is 1.67. The first-order valence-corrected chi connectivity index (χ1v) is 5.92. The van der Waals surface area contributed by atoms with E-state index in [4.69, 9.17) is 0 Å². The van der Waals surface area contributed by atoms with Gasteiger partial charge in [-0.1, -0.05) is 24.3 Å². The predicted octanol–water partition coefficient (Wildman–Crippen LogP) is 2.41. The molecular formula is C14H13N3O. The van der Waals surface area contributed by atoms with Gasteiger partial charge in [0, 0.05) is 25.0 Å².